The van der Waals surface area contributed by atoms with E-state index in [2.05, 4.69) is 5.32 Å². The number of piperidine rings is 1. The van der Waals surface area contributed by atoms with Crippen LogP contribution in [-0.2, 0) is 10.0 Å². The molecule has 1 heterocycles. The lowest BCUT2D eigenvalue weighted by molar-refractivity contribution is -0.160. The van der Waals surface area contributed by atoms with E-state index in [1.165, 1.54) is 0 Å². The van der Waals surface area contributed by atoms with Gasteiger partial charge in [0.15, 0.2) is 0 Å². The summed E-state index contributed by atoms with van der Waals surface area (Å²) < 4.78 is 63.4. The Morgan fingerprint density at radius 3 is 2.42 bits per heavy atom. The fraction of sp³-hybridized carbons (Fsp3) is 1.00. The van der Waals surface area contributed by atoms with Crippen molar-refractivity contribution in [3.05, 3.63) is 0 Å². The fourth-order valence-corrected chi connectivity index (χ4v) is 4.00. The van der Waals surface area contributed by atoms with Crippen molar-refractivity contribution in [2.45, 2.75) is 56.3 Å². The molecule has 2 N–H and O–H groups in total. The van der Waals surface area contributed by atoms with Crippen LogP contribution in [0.4, 0.5) is 13.2 Å². The number of sulfonamides is 1. The van der Waals surface area contributed by atoms with E-state index < -0.39 is 21.7 Å². The van der Waals surface area contributed by atoms with Crippen LogP contribution in [0.15, 0.2) is 0 Å². The molecular formula is C11H19F3N2O2S. The van der Waals surface area contributed by atoms with Crippen molar-refractivity contribution in [2.24, 2.45) is 0 Å². The third-order valence-electron chi connectivity index (χ3n) is 3.79. The monoisotopic (exact) mass is 300 g/mol. The summed E-state index contributed by atoms with van der Waals surface area (Å²) in [5.41, 5.74) is -2.19. The molecule has 0 aromatic rings. The quantitative estimate of drug-likeness (QED) is 0.809. The van der Waals surface area contributed by atoms with Crippen molar-refractivity contribution in [1.82, 2.24) is 10.0 Å². The Kier molecular flexibility index (Phi) is 4.13. The van der Waals surface area contributed by atoms with E-state index in [4.69, 9.17) is 0 Å². The predicted octanol–water partition coefficient (Wildman–Crippen LogP) is 1.53. The lowest BCUT2D eigenvalue weighted by atomic mass is 10.0. The summed E-state index contributed by atoms with van der Waals surface area (Å²) in [7, 11) is -3.87. The number of alkyl halides is 3. The molecule has 0 bridgehead atoms. The van der Waals surface area contributed by atoms with Gasteiger partial charge in [-0.1, -0.05) is 6.42 Å². The molecule has 1 saturated carbocycles. The Bertz CT molecular complexity index is 412. The number of nitrogens with one attached hydrogen (secondary N) is 2. The van der Waals surface area contributed by atoms with Crippen molar-refractivity contribution in [2.75, 3.05) is 12.3 Å². The van der Waals surface area contributed by atoms with Gasteiger partial charge in [-0.3, -0.25) is 0 Å². The molecule has 8 heteroatoms. The molecular weight excluding hydrogens is 281 g/mol. The van der Waals surface area contributed by atoms with Crippen LogP contribution in [0.1, 0.15) is 38.5 Å². The lowest BCUT2D eigenvalue weighted by Gasteiger charge is -2.24. The first kappa shape index (κ1) is 15.1. The summed E-state index contributed by atoms with van der Waals surface area (Å²) in [4.78, 5) is 0. The van der Waals surface area contributed by atoms with E-state index in [0.29, 0.717) is 6.42 Å². The maximum atomic E-state index is 12.7. The summed E-state index contributed by atoms with van der Waals surface area (Å²) in [5.74, 6) is -0.248. The second-order valence-electron chi connectivity index (χ2n) is 5.44. The maximum absolute atomic E-state index is 12.7. The molecule has 1 unspecified atom stereocenters. The van der Waals surface area contributed by atoms with Gasteiger partial charge < -0.3 is 5.32 Å². The minimum absolute atomic E-state index is 0.103. The zero-order valence-corrected chi connectivity index (χ0v) is 11.4. The average molecular weight is 300 g/mol. The predicted molar refractivity (Wildman–Crippen MR) is 65.2 cm³/mol. The minimum Gasteiger partial charge on any atom is -0.314 e. The van der Waals surface area contributed by atoms with Gasteiger partial charge in [-0.05, 0) is 38.6 Å². The zero-order valence-electron chi connectivity index (χ0n) is 10.6. The van der Waals surface area contributed by atoms with Gasteiger partial charge in [0.1, 0.15) is 5.54 Å². The molecule has 2 fully saturated rings. The highest BCUT2D eigenvalue weighted by molar-refractivity contribution is 7.89. The second kappa shape index (κ2) is 5.21. The molecule has 1 saturated heterocycles. The summed E-state index contributed by atoms with van der Waals surface area (Å²) in [6, 6.07) is 0.103. The van der Waals surface area contributed by atoms with Gasteiger partial charge in [0, 0.05) is 6.04 Å². The van der Waals surface area contributed by atoms with E-state index in [9.17, 15) is 21.6 Å². The largest absolute Gasteiger partial charge is 0.407 e. The van der Waals surface area contributed by atoms with Gasteiger partial charge >= 0.3 is 6.18 Å². The first-order valence-corrected chi connectivity index (χ1v) is 8.21. The van der Waals surface area contributed by atoms with Crippen molar-refractivity contribution in [3.63, 3.8) is 0 Å². The standard InChI is InChI=1S/C11H19F3N2O2S/c12-11(13,14)10(5-6-10)16-19(17,18)8-4-9-3-1-2-7-15-9/h9,15-16H,1-8H2. The van der Waals surface area contributed by atoms with E-state index in [0.717, 1.165) is 25.8 Å². The highest BCUT2D eigenvalue weighted by Gasteiger charge is 2.65. The molecule has 4 nitrogen and oxygen atoms in total. The van der Waals surface area contributed by atoms with Gasteiger partial charge in [-0.2, -0.15) is 17.9 Å². The molecule has 0 radical (unpaired) electrons. The molecule has 1 aliphatic carbocycles. The highest BCUT2D eigenvalue weighted by atomic mass is 32.2. The number of hydrogen-bond acceptors (Lipinski definition) is 3. The molecule has 0 spiro atoms. The molecule has 2 rings (SSSR count). The van der Waals surface area contributed by atoms with Gasteiger partial charge in [0.25, 0.3) is 0 Å². The van der Waals surface area contributed by atoms with Crippen LogP contribution in [-0.4, -0.2) is 38.5 Å². The minimum atomic E-state index is -4.50. The van der Waals surface area contributed by atoms with E-state index in [-0.39, 0.29) is 24.6 Å². The van der Waals surface area contributed by atoms with Crippen LogP contribution in [0.3, 0.4) is 0 Å². The van der Waals surface area contributed by atoms with Crippen LogP contribution < -0.4 is 10.0 Å². The molecule has 112 valence electrons. The zero-order chi connectivity index (χ0) is 14.1. The Morgan fingerprint density at radius 2 is 1.95 bits per heavy atom. The molecule has 1 atom stereocenters. The lowest BCUT2D eigenvalue weighted by Crippen LogP contribution is -2.49. The third-order valence-corrected chi connectivity index (χ3v) is 5.27. The van der Waals surface area contributed by atoms with Crippen LogP contribution in [0.5, 0.6) is 0 Å². The van der Waals surface area contributed by atoms with Crippen molar-refractivity contribution < 1.29 is 21.6 Å². The van der Waals surface area contributed by atoms with Gasteiger partial charge in [-0.15, -0.1) is 0 Å². The average Bonchev–Trinajstić information content (AvgIpc) is 3.08. The topological polar surface area (TPSA) is 58.2 Å². The fourth-order valence-electron chi connectivity index (χ4n) is 2.38. The third kappa shape index (κ3) is 3.82. The van der Waals surface area contributed by atoms with Crippen molar-refractivity contribution in [3.8, 4) is 0 Å². The Hall–Kier alpha value is -0.340. The van der Waals surface area contributed by atoms with Crippen molar-refractivity contribution >= 4 is 10.0 Å². The molecule has 0 aromatic heterocycles. The number of halogens is 3. The highest BCUT2D eigenvalue weighted by Crippen LogP contribution is 2.49. The van der Waals surface area contributed by atoms with E-state index in [1.807, 2.05) is 4.72 Å². The first-order chi connectivity index (χ1) is 8.74. The number of rotatable bonds is 5. The van der Waals surface area contributed by atoms with E-state index >= 15 is 0 Å². The smallest absolute Gasteiger partial charge is 0.314 e. The molecule has 19 heavy (non-hydrogen) atoms. The summed E-state index contributed by atoms with van der Waals surface area (Å²) in [6.07, 6.45) is -1.45. The van der Waals surface area contributed by atoms with Crippen LogP contribution >= 0.6 is 0 Å². The number of hydrogen-bond donors (Lipinski definition) is 2. The molecule has 1 aliphatic heterocycles. The SMILES string of the molecule is O=S(=O)(CCC1CCCCN1)NC1(C(F)(F)F)CC1. The molecule has 0 amide bonds. The Labute approximate surface area is 111 Å². The van der Waals surface area contributed by atoms with E-state index in [1.54, 1.807) is 0 Å². The maximum Gasteiger partial charge on any atom is 0.407 e. The normalized spacial score (nSPS) is 27.2. The summed E-state index contributed by atoms with van der Waals surface area (Å²) in [5, 5.41) is 3.19. The van der Waals surface area contributed by atoms with Gasteiger partial charge in [0.2, 0.25) is 10.0 Å². The van der Waals surface area contributed by atoms with Crippen molar-refractivity contribution in [1.29, 1.82) is 0 Å². The van der Waals surface area contributed by atoms with Crippen LogP contribution in [0.25, 0.3) is 0 Å². The Balaban J connectivity index is 1.85. The summed E-state index contributed by atoms with van der Waals surface area (Å²) in [6.45, 7) is 0.852. The second-order valence-corrected chi connectivity index (χ2v) is 7.28. The van der Waals surface area contributed by atoms with Crippen LogP contribution in [0, 0.1) is 0 Å². The Morgan fingerprint density at radius 1 is 1.26 bits per heavy atom. The molecule has 2 aliphatic rings. The molecule has 0 aromatic carbocycles. The van der Waals surface area contributed by atoms with Gasteiger partial charge in [0.05, 0.1) is 5.75 Å². The first-order valence-electron chi connectivity index (χ1n) is 6.56. The van der Waals surface area contributed by atoms with Crippen LogP contribution in [0.2, 0.25) is 0 Å². The summed E-state index contributed by atoms with van der Waals surface area (Å²) >= 11 is 0. The van der Waals surface area contributed by atoms with Gasteiger partial charge in [-0.25, -0.2) is 8.42 Å².